The van der Waals surface area contributed by atoms with Gasteiger partial charge in [0.05, 0.1) is 0 Å². The van der Waals surface area contributed by atoms with Crippen LogP contribution in [0.1, 0.15) is 42.3 Å². The smallest absolute Gasteiger partial charge is 0.408 e. The number of aromatic amines is 1. The number of para-hydroxylation sites is 1. The van der Waals surface area contributed by atoms with Gasteiger partial charge in [-0.3, -0.25) is 20.4 Å². The zero-order chi connectivity index (χ0) is 24.0. The van der Waals surface area contributed by atoms with Gasteiger partial charge in [-0.1, -0.05) is 30.3 Å². The number of fused-ring (bicyclic) bond motifs is 1. The number of nitrogens with two attached hydrogens (primary N) is 1. The third kappa shape index (κ3) is 6.56. The predicted molar refractivity (Wildman–Crippen MR) is 125 cm³/mol. The number of carbonyl (C=O) groups is 3. The summed E-state index contributed by atoms with van der Waals surface area (Å²) < 4.78 is 5.31. The Kier molecular flexibility index (Phi) is 7.34. The number of ether oxygens (including phenoxy) is 1. The lowest BCUT2D eigenvalue weighted by Gasteiger charge is -2.23. The first-order chi connectivity index (χ1) is 15.7. The van der Waals surface area contributed by atoms with Crippen LogP contribution in [-0.2, 0) is 22.5 Å². The lowest BCUT2D eigenvalue weighted by molar-refractivity contribution is -0.124. The van der Waals surface area contributed by atoms with E-state index in [1.165, 1.54) is 0 Å². The fourth-order valence-electron chi connectivity index (χ4n) is 3.25. The van der Waals surface area contributed by atoms with Gasteiger partial charge in [0, 0.05) is 35.6 Å². The molecule has 174 valence electrons. The number of hydrazine groups is 1. The Morgan fingerprint density at radius 2 is 1.73 bits per heavy atom. The van der Waals surface area contributed by atoms with Crippen molar-refractivity contribution in [3.05, 3.63) is 71.4 Å². The monoisotopic (exact) mass is 451 g/mol. The van der Waals surface area contributed by atoms with Crippen molar-refractivity contribution >= 4 is 28.8 Å². The minimum absolute atomic E-state index is 0.191. The van der Waals surface area contributed by atoms with Crippen molar-refractivity contribution < 1.29 is 19.1 Å². The van der Waals surface area contributed by atoms with E-state index in [1.807, 2.05) is 24.3 Å². The van der Waals surface area contributed by atoms with Crippen LogP contribution in [0.2, 0.25) is 0 Å². The molecule has 0 bridgehead atoms. The van der Waals surface area contributed by atoms with Gasteiger partial charge in [-0.15, -0.1) is 0 Å². The lowest BCUT2D eigenvalue weighted by Crippen LogP contribution is -2.53. The van der Waals surface area contributed by atoms with Crippen LogP contribution >= 0.6 is 0 Å². The standard InChI is InChI=1S/C24H29N5O4/c1-24(2,3)33-23(32)27-20(12-17-14-26-19-7-5-4-6-18(17)19)22(31)29-28-21(30)16-10-8-15(13-25)9-11-16/h4-11,14,20,26H,12-13,25H2,1-3H3,(H,27,32)(H,28,30)(H,29,31). The van der Waals surface area contributed by atoms with Crippen LogP contribution in [0.15, 0.2) is 54.7 Å². The van der Waals surface area contributed by atoms with Crippen LogP contribution < -0.4 is 21.9 Å². The van der Waals surface area contributed by atoms with E-state index in [0.717, 1.165) is 22.0 Å². The van der Waals surface area contributed by atoms with E-state index in [0.29, 0.717) is 12.1 Å². The first-order valence-corrected chi connectivity index (χ1v) is 10.6. The molecule has 9 nitrogen and oxygen atoms in total. The van der Waals surface area contributed by atoms with Gasteiger partial charge in [0.2, 0.25) is 0 Å². The highest BCUT2D eigenvalue weighted by molar-refractivity contribution is 5.96. The van der Waals surface area contributed by atoms with Crippen molar-refractivity contribution in [2.24, 2.45) is 5.73 Å². The van der Waals surface area contributed by atoms with Gasteiger partial charge in [0.15, 0.2) is 0 Å². The molecule has 1 unspecified atom stereocenters. The molecule has 6 N–H and O–H groups in total. The molecule has 0 saturated carbocycles. The van der Waals surface area contributed by atoms with Crippen LogP contribution in [0.4, 0.5) is 4.79 Å². The van der Waals surface area contributed by atoms with E-state index in [1.54, 1.807) is 51.2 Å². The number of H-pyrrole nitrogens is 1. The third-order valence-corrected chi connectivity index (χ3v) is 4.86. The zero-order valence-corrected chi connectivity index (χ0v) is 18.9. The van der Waals surface area contributed by atoms with Gasteiger partial charge in [0.1, 0.15) is 11.6 Å². The fourth-order valence-corrected chi connectivity index (χ4v) is 3.25. The summed E-state index contributed by atoms with van der Waals surface area (Å²) in [5.74, 6) is -1.08. The first kappa shape index (κ1) is 23.8. The number of alkyl carbamates (subject to hydrolysis) is 1. The molecule has 0 saturated heterocycles. The molecule has 1 aromatic heterocycles. The van der Waals surface area contributed by atoms with Gasteiger partial charge in [-0.25, -0.2) is 4.79 Å². The van der Waals surface area contributed by atoms with Gasteiger partial charge in [0.25, 0.3) is 11.8 Å². The molecule has 9 heteroatoms. The van der Waals surface area contributed by atoms with Crippen LogP contribution in [0, 0.1) is 0 Å². The summed E-state index contributed by atoms with van der Waals surface area (Å²) in [5.41, 5.74) is 12.6. The Labute approximate surface area is 192 Å². The molecule has 3 amide bonds. The number of nitrogens with one attached hydrogen (secondary N) is 4. The number of rotatable bonds is 6. The molecule has 1 atom stereocenters. The molecule has 3 aromatic rings. The highest BCUT2D eigenvalue weighted by Crippen LogP contribution is 2.19. The molecular weight excluding hydrogens is 422 g/mol. The molecule has 33 heavy (non-hydrogen) atoms. The van der Waals surface area contributed by atoms with E-state index >= 15 is 0 Å². The van der Waals surface area contributed by atoms with Crippen LogP contribution in [-0.4, -0.2) is 34.5 Å². The van der Waals surface area contributed by atoms with Crippen LogP contribution in [0.3, 0.4) is 0 Å². The van der Waals surface area contributed by atoms with Crippen molar-refractivity contribution in [1.29, 1.82) is 0 Å². The summed E-state index contributed by atoms with van der Waals surface area (Å²) in [6.45, 7) is 5.57. The van der Waals surface area contributed by atoms with E-state index in [9.17, 15) is 14.4 Å². The van der Waals surface area contributed by atoms with Gasteiger partial charge < -0.3 is 20.8 Å². The summed E-state index contributed by atoms with van der Waals surface area (Å²) in [6.07, 6.45) is 1.25. The Balaban J connectivity index is 1.72. The van der Waals surface area contributed by atoms with E-state index in [2.05, 4.69) is 21.2 Å². The number of benzene rings is 2. The Morgan fingerprint density at radius 3 is 2.39 bits per heavy atom. The second kappa shape index (κ2) is 10.2. The molecule has 1 heterocycles. The van der Waals surface area contributed by atoms with E-state index in [-0.39, 0.29) is 6.42 Å². The summed E-state index contributed by atoms with van der Waals surface area (Å²) in [5, 5.41) is 3.54. The zero-order valence-electron chi connectivity index (χ0n) is 18.9. The fraction of sp³-hybridized carbons (Fsp3) is 0.292. The van der Waals surface area contributed by atoms with Gasteiger partial charge >= 0.3 is 6.09 Å². The molecule has 0 aliphatic rings. The molecular formula is C24H29N5O4. The SMILES string of the molecule is CC(C)(C)OC(=O)NC(Cc1c[nH]c2ccccc12)C(=O)NNC(=O)c1ccc(CN)cc1. The largest absolute Gasteiger partial charge is 0.444 e. The number of hydrogen-bond donors (Lipinski definition) is 5. The lowest BCUT2D eigenvalue weighted by atomic mass is 10.0. The number of amides is 3. The Morgan fingerprint density at radius 1 is 1.03 bits per heavy atom. The van der Waals surface area contributed by atoms with Crippen LogP contribution in [0.25, 0.3) is 10.9 Å². The summed E-state index contributed by atoms with van der Waals surface area (Å²) in [6, 6.07) is 13.4. The molecule has 2 aromatic carbocycles. The number of carbonyl (C=O) groups excluding carboxylic acids is 3. The molecule has 0 fully saturated rings. The van der Waals surface area contributed by atoms with Gasteiger partial charge in [-0.05, 0) is 50.1 Å². The highest BCUT2D eigenvalue weighted by atomic mass is 16.6. The topological polar surface area (TPSA) is 138 Å². The Bertz CT molecular complexity index is 1130. The predicted octanol–water partition coefficient (Wildman–Crippen LogP) is 2.52. The maximum absolute atomic E-state index is 12.9. The normalized spacial score (nSPS) is 12.1. The summed E-state index contributed by atoms with van der Waals surface area (Å²) in [4.78, 5) is 40.8. The van der Waals surface area contributed by atoms with Crippen molar-refractivity contribution in [2.75, 3.05) is 0 Å². The molecule has 0 spiro atoms. The average molecular weight is 452 g/mol. The molecule has 3 rings (SSSR count). The van der Waals surface area contributed by atoms with E-state index < -0.39 is 29.6 Å². The minimum Gasteiger partial charge on any atom is -0.444 e. The average Bonchev–Trinajstić information content (AvgIpc) is 3.18. The second-order valence-electron chi connectivity index (χ2n) is 8.61. The number of hydrogen-bond acceptors (Lipinski definition) is 5. The van der Waals surface area contributed by atoms with Crippen molar-refractivity contribution in [3.8, 4) is 0 Å². The summed E-state index contributed by atoms with van der Waals surface area (Å²) >= 11 is 0. The first-order valence-electron chi connectivity index (χ1n) is 10.6. The maximum Gasteiger partial charge on any atom is 0.408 e. The van der Waals surface area contributed by atoms with Gasteiger partial charge in [-0.2, -0.15) is 0 Å². The quantitative estimate of drug-likeness (QED) is 0.367. The minimum atomic E-state index is -0.987. The van der Waals surface area contributed by atoms with E-state index in [4.69, 9.17) is 10.5 Å². The maximum atomic E-state index is 12.9. The number of aromatic nitrogens is 1. The highest BCUT2D eigenvalue weighted by Gasteiger charge is 2.26. The van der Waals surface area contributed by atoms with Crippen molar-refractivity contribution in [1.82, 2.24) is 21.2 Å². The second-order valence-corrected chi connectivity index (χ2v) is 8.61. The van der Waals surface area contributed by atoms with Crippen molar-refractivity contribution in [3.63, 3.8) is 0 Å². The summed E-state index contributed by atoms with van der Waals surface area (Å²) in [7, 11) is 0. The molecule has 0 radical (unpaired) electrons. The van der Waals surface area contributed by atoms with Crippen LogP contribution in [0.5, 0.6) is 0 Å². The molecule has 0 aliphatic heterocycles. The van der Waals surface area contributed by atoms with Crippen molar-refractivity contribution in [2.45, 2.75) is 45.4 Å². The third-order valence-electron chi connectivity index (χ3n) is 4.86. The molecule has 0 aliphatic carbocycles. The Hall–Kier alpha value is -3.85.